The van der Waals surface area contributed by atoms with Crippen LogP contribution in [0.3, 0.4) is 0 Å². The molecule has 3 aromatic carbocycles. The maximum Gasteiger partial charge on any atom is 0.264 e. The van der Waals surface area contributed by atoms with Gasteiger partial charge in [-0.2, -0.15) is 0 Å². The smallest absolute Gasteiger partial charge is 0.264 e. The van der Waals surface area contributed by atoms with Crippen LogP contribution in [-0.2, 0) is 10.0 Å². The van der Waals surface area contributed by atoms with Gasteiger partial charge in [0.05, 0.1) is 42.1 Å². The Kier molecular flexibility index (Phi) is 7.63. The number of hydrogen-bond acceptors (Lipinski definition) is 5. The van der Waals surface area contributed by atoms with Crippen molar-refractivity contribution in [2.75, 3.05) is 30.4 Å². The number of halogens is 1. The van der Waals surface area contributed by atoms with Crippen molar-refractivity contribution in [2.24, 2.45) is 0 Å². The second-order valence-corrected chi connectivity index (χ2v) is 9.09. The minimum Gasteiger partial charge on any atom is -0.497 e. The highest BCUT2D eigenvalue weighted by Gasteiger charge is 2.26. The number of para-hydroxylation sites is 1. The van der Waals surface area contributed by atoms with Crippen LogP contribution in [0.15, 0.2) is 84.3 Å². The van der Waals surface area contributed by atoms with E-state index in [-0.39, 0.29) is 22.0 Å². The summed E-state index contributed by atoms with van der Waals surface area (Å²) in [7, 11) is -1.05. The quantitative estimate of drug-likeness (QED) is 0.431. The van der Waals surface area contributed by atoms with Gasteiger partial charge in [-0.25, -0.2) is 8.42 Å². The number of hydrogen-bond donors (Lipinski definition) is 1. The first-order valence-corrected chi connectivity index (χ1v) is 11.6. The molecular weight excluding hydrogens is 464 g/mol. The first-order valence-electron chi connectivity index (χ1n) is 9.83. The molecule has 33 heavy (non-hydrogen) atoms. The highest BCUT2D eigenvalue weighted by molar-refractivity contribution is 7.92. The number of carbonyl (C=O) groups is 1. The molecule has 172 valence electrons. The molecule has 0 bridgehead atoms. The van der Waals surface area contributed by atoms with Crippen molar-refractivity contribution >= 4 is 38.9 Å². The van der Waals surface area contributed by atoms with Gasteiger partial charge in [0.25, 0.3) is 15.9 Å². The molecule has 3 rings (SSSR count). The summed E-state index contributed by atoms with van der Waals surface area (Å²) in [6.07, 6.45) is 1.46. The van der Waals surface area contributed by atoms with Gasteiger partial charge in [0.2, 0.25) is 0 Å². The highest BCUT2D eigenvalue weighted by atomic mass is 35.5. The molecule has 0 aromatic heterocycles. The van der Waals surface area contributed by atoms with Crippen LogP contribution in [0.1, 0.15) is 10.4 Å². The molecule has 0 aliphatic carbocycles. The van der Waals surface area contributed by atoms with Gasteiger partial charge < -0.3 is 14.8 Å². The van der Waals surface area contributed by atoms with E-state index in [9.17, 15) is 13.2 Å². The summed E-state index contributed by atoms with van der Waals surface area (Å²) in [6.45, 7) is 3.65. The minimum absolute atomic E-state index is 0.00347. The second kappa shape index (κ2) is 10.4. The number of sulfonamides is 1. The number of anilines is 2. The van der Waals surface area contributed by atoms with Crippen LogP contribution in [-0.4, -0.2) is 35.1 Å². The largest absolute Gasteiger partial charge is 0.497 e. The molecule has 0 aliphatic heterocycles. The van der Waals surface area contributed by atoms with E-state index in [2.05, 4.69) is 11.9 Å². The monoisotopic (exact) mass is 486 g/mol. The number of rotatable bonds is 9. The van der Waals surface area contributed by atoms with E-state index in [0.29, 0.717) is 22.9 Å². The molecule has 1 N–H and O–H groups in total. The van der Waals surface area contributed by atoms with Crippen LogP contribution >= 0.6 is 11.6 Å². The number of nitrogens with zero attached hydrogens (tertiary/aromatic N) is 1. The number of benzene rings is 3. The molecule has 0 aliphatic rings. The molecule has 9 heteroatoms. The third-order valence-electron chi connectivity index (χ3n) is 4.76. The zero-order chi connectivity index (χ0) is 24.0. The van der Waals surface area contributed by atoms with Crippen molar-refractivity contribution in [3.8, 4) is 11.5 Å². The van der Waals surface area contributed by atoms with E-state index in [0.717, 1.165) is 4.31 Å². The molecule has 7 nitrogen and oxygen atoms in total. The second-order valence-electron chi connectivity index (χ2n) is 6.82. The zero-order valence-electron chi connectivity index (χ0n) is 18.1. The lowest BCUT2D eigenvalue weighted by atomic mass is 10.2. The van der Waals surface area contributed by atoms with Gasteiger partial charge in [0, 0.05) is 11.6 Å². The van der Waals surface area contributed by atoms with Gasteiger partial charge in [-0.1, -0.05) is 35.9 Å². The van der Waals surface area contributed by atoms with Crippen LogP contribution in [0.25, 0.3) is 0 Å². The fourth-order valence-electron chi connectivity index (χ4n) is 3.13. The molecule has 0 radical (unpaired) electrons. The number of carbonyl (C=O) groups excluding carboxylic acids is 1. The van der Waals surface area contributed by atoms with E-state index >= 15 is 0 Å². The van der Waals surface area contributed by atoms with Gasteiger partial charge in [-0.05, 0) is 42.5 Å². The van der Waals surface area contributed by atoms with E-state index in [1.54, 1.807) is 42.5 Å². The Morgan fingerprint density at radius 1 is 1.06 bits per heavy atom. The Hall–Kier alpha value is -3.49. The lowest BCUT2D eigenvalue weighted by Gasteiger charge is -2.24. The summed E-state index contributed by atoms with van der Waals surface area (Å²) in [4.78, 5) is 12.9. The Balaban J connectivity index is 1.96. The maximum absolute atomic E-state index is 13.4. The normalized spacial score (nSPS) is 10.9. The van der Waals surface area contributed by atoms with Crippen LogP contribution in [0.4, 0.5) is 11.4 Å². The fraction of sp³-hybridized carbons (Fsp3) is 0.125. The minimum atomic E-state index is -4.04. The Morgan fingerprint density at radius 3 is 2.48 bits per heavy atom. The van der Waals surface area contributed by atoms with E-state index in [1.165, 1.54) is 44.6 Å². The lowest BCUT2D eigenvalue weighted by Crippen LogP contribution is -2.31. The molecule has 0 heterocycles. The molecule has 3 aromatic rings. The Morgan fingerprint density at radius 2 is 1.82 bits per heavy atom. The van der Waals surface area contributed by atoms with Crippen molar-refractivity contribution in [2.45, 2.75) is 4.90 Å². The first kappa shape index (κ1) is 24.2. The summed E-state index contributed by atoms with van der Waals surface area (Å²) in [5.41, 5.74) is 0.855. The van der Waals surface area contributed by atoms with Gasteiger partial charge in [0.15, 0.2) is 0 Å². The van der Waals surface area contributed by atoms with Crippen LogP contribution in [0.5, 0.6) is 11.5 Å². The average molecular weight is 487 g/mol. The maximum atomic E-state index is 13.4. The summed E-state index contributed by atoms with van der Waals surface area (Å²) in [5.74, 6) is 0.456. The van der Waals surface area contributed by atoms with E-state index in [4.69, 9.17) is 21.1 Å². The summed E-state index contributed by atoms with van der Waals surface area (Å²) >= 11 is 6.25. The van der Waals surface area contributed by atoms with Crippen molar-refractivity contribution in [3.05, 3.63) is 90.0 Å². The summed E-state index contributed by atoms with van der Waals surface area (Å²) < 4.78 is 38.5. The molecular formula is C24H23ClN2O5S. The van der Waals surface area contributed by atoms with Crippen molar-refractivity contribution in [1.82, 2.24) is 0 Å². The van der Waals surface area contributed by atoms with Crippen molar-refractivity contribution in [3.63, 3.8) is 0 Å². The van der Waals surface area contributed by atoms with Crippen LogP contribution in [0.2, 0.25) is 5.02 Å². The highest BCUT2D eigenvalue weighted by Crippen LogP contribution is 2.32. The standard InChI is InChI=1S/C24H23ClN2O5S/c1-4-14-27(22-11-6-5-10-20(22)25)33(29,30)19-9-7-8-17(15-19)24(28)26-21-16-18(31-2)12-13-23(21)32-3/h4-13,15-16H,1,14H2,2-3H3,(H,26,28). The SMILES string of the molecule is C=CCN(c1ccccc1Cl)S(=O)(=O)c1cccc(C(=O)Nc2cc(OC)ccc2OC)c1. The van der Waals surface area contributed by atoms with Gasteiger partial charge in [-0.15, -0.1) is 6.58 Å². The van der Waals surface area contributed by atoms with Gasteiger partial charge in [-0.3, -0.25) is 9.10 Å². The third-order valence-corrected chi connectivity index (χ3v) is 6.85. The van der Waals surface area contributed by atoms with E-state index < -0.39 is 15.9 Å². The Bertz CT molecular complexity index is 1280. The molecule has 1 amide bonds. The predicted molar refractivity (Wildman–Crippen MR) is 130 cm³/mol. The molecule has 0 unspecified atom stereocenters. The Labute approximate surface area is 198 Å². The molecule has 0 fully saturated rings. The molecule has 0 saturated carbocycles. The number of ether oxygens (including phenoxy) is 2. The van der Waals surface area contributed by atoms with E-state index in [1.807, 2.05) is 0 Å². The number of amides is 1. The van der Waals surface area contributed by atoms with Crippen molar-refractivity contribution < 1.29 is 22.7 Å². The topological polar surface area (TPSA) is 84.9 Å². The zero-order valence-corrected chi connectivity index (χ0v) is 19.7. The number of methoxy groups -OCH3 is 2. The first-order chi connectivity index (χ1) is 15.8. The molecule has 0 spiro atoms. The van der Waals surface area contributed by atoms with Crippen molar-refractivity contribution in [1.29, 1.82) is 0 Å². The lowest BCUT2D eigenvalue weighted by molar-refractivity contribution is 0.102. The third kappa shape index (κ3) is 5.30. The van der Waals surface area contributed by atoms with Crippen LogP contribution < -0.4 is 19.1 Å². The number of nitrogens with one attached hydrogen (secondary N) is 1. The fourth-order valence-corrected chi connectivity index (χ4v) is 4.92. The van der Waals surface area contributed by atoms with Gasteiger partial charge in [0.1, 0.15) is 11.5 Å². The molecule has 0 saturated heterocycles. The molecule has 0 atom stereocenters. The summed E-state index contributed by atoms with van der Waals surface area (Å²) in [5, 5.41) is 3.02. The van der Waals surface area contributed by atoms with Gasteiger partial charge >= 0.3 is 0 Å². The van der Waals surface area contributed by atoms with Crippen LogP contribution in [0, 0.1) is 0 Å². The predicted octanol–water partition coefficient (Wildman–Crippen LogP) is 4.99. The summed E-state index contributed by atoms with van der Waals surface area (Å²) in [6, 6.07) is 17.3. The average Bonchev–Trinajstić information content (AvgIpc) is 2.83.